The molecule has 1 fully saturated rings. The standard InChI is InChI=1S/C19H26N4O5/c1-3-27-18(26)15-11-23(22-19(15,20)28-9-8-24)16-10-13(5-4-12(16)2)17(25)21-14-6-7-14/h4-5,10-11,14,22,24H,3,6-9,20H2,1-2H3,(H,21,25). The maximum atomic E-state index is 12.4. The Labute approximate surface area is 163 Å². The van der Waals surface area contributed by atoms with Crippen molar-refractivity contribution in [1.29, 1.82) is 0 Å². The van der Waals surface area contributed by atoms with Crippen molar-refractivity contribution in [2.24, 2.45) is 5.73 Å². The second-order valence-electron chi connectivity index (χ2n) is 6.80. The number of hydrogen-bond acceptors (Lipinski definition) is 8. The van der Waals surface area contributed by atoms with Gasteiger partial charge in [-0.2, -0.15) is 5.43 Å². The van der Waals surface area contributed by atoms with Gasteiger partial charge in [-0.3, -0.25) is 15.5 Å². The molecule has 5 N–H and O–H groups in total. The van der Waals surface area contributed by atoms with Gasteiger partial charge in [0.1, 0.15) is 5.57 Å². The Hall–Kier alpha value is -2.46. The van der Waals surface area contributed by atoms with Crippen LogP contribution in [0, 0.1) is 6.92 Å². The number of aliphatic hydroxyl groups is 1. The second-order valence-corrected chi connectivity index (χ2v) is 6.80. The van der Waals surface area contributed by atoms with Crippen LogP contribution in [0.4, 0.5) is 5.69 Å². The third kappa shape index (κ3) is 4.33. The second kappa shape index (κ2) is 8.27. The van der Waals surface area contributed by atoms with Crippen LogP contribution in [-0.2, 0) is 14.3 Å². The van der Waals surface area contributed by atoms with E-state index in [-0.39, 0.29) is 37.3 Å². The zero-order valence-corrected chi connectivity index (χ0v) is 16.0. The lowest BCUT2D eigenvalue weighted by atomic mass is 10.1. The van der Waals surface area contributed by atoms with Gasteiger partial charge in [0.05, 0.1) is 25.5 Å². The number of hydrogen-bond donors (Lipinski definition) is 4. The molecule has 1 atom stereocenters. The number of nitrogens with two attached hydrogens (primary N) is 1. The lowest BCUT2D eigenvalue weighted by Gasteiger charge is -2.29. The van der Waals surface area contributed by atoms with Crippen LogP contribution >= 0.6 is 0 Å². The lowest BCUT2D eigenvalue weighted by Crippen LogP contribution is -2.59. The summed E-state index contributed by atoms with van der Waals surface area (Å²) in [5.74, 6) is -2.43. The molecule has 152 valence electrons. The number of nitrogens with zero attached hydrogens (tertiary/aromatic N) is 1. The van der Waals surface area contributed by atoms with Crippen molar-refractivity contribution < 1.29 is 24.2 Å². The van der Waals surface area contributed by atoms with Gasteiger partial charge >= 0.3 is 5.97 Å². The first kappa shape index (κ1) is 20.3. The van der Waals surface area contributed by atoms with Gasteiger partial charge in [0.15, 0.2) is 0 Å². The predicted molar refractivity (Wildman–Crippen MR) is 102 cm³/mol. The Bertz CT molecular complexity index is 793. The van der Waals surface area contributed by atoms with Crippen LogP contribution in [0.1, 0.15) is 35.7 Å². The Balaban J connectivity index is 1.89. The molecule has 2 aliphatic rings. The van der Waals surface area contributed by atoms with Crippen LogP contribution in [0.2, 0.25) is 0 Å². The molecule has 1 aromatic carbocycles. The van der Waals surface area contributed by atoms with Crippen LogP contribution in [0.25, 0.3) is 0 Å². The molecular weight excluding hydrogens is 364 g/mol. The van der Waals surface area contributed by atoms with Gasteiger partial charge in [-0.15, -0.1) is 0 Å². The molecule has 0 saturated heterocycles. The Kier molecular flexibility index (Phi) is 5.99. The van der Waals surface area contributed by atoms with Crippen molar-refractivity contribution in [3.63, 3.8) is 0 Å². The molecule has 0 radical (unpaired) electrons. The molecule has 1 aromatic rings. The summed E-state index contributed by atoms with van der Waals surface area (Å²) in [6, 6.07) is 5.54. The largest absolute Gasteiger partial charge is 0.462 e. The van der Waals surface area contributed by atoms with Crippen molar-refractivity contribution in [3.05, 3.63) is 41.1 Å². The highest BCUT2D eigenvalue weighted by molar-refractivity contribution is 5.96. The van der Waals surface area contributed by atoms with E-state index in [9.17, 15) is 9.59 Å². The lowest BCUT2D eigenvalue weighted by molar-refractivity contribution is -0.143. The number of esters is 1. The maximum absolute atomic E-state index is 12.4. The van der Waals surface area contributed by atoms with E-state index in [4.69, 9.17) is 20.3 Å². The number of aryl methyl sites for hydroxylation is 1. The average molecular weight is 390 g/mol. The van der Waals surface area contributed by atoms with E-state index < -0.39 is 11.8 Å². The topological polar surface area (TPSA) is 126 Å². The molecule has 9 nitrogen and oxygen atoms in total. The fraction of sp³-hybridized carbons (Fsp3) is 0.474. The Morgan fingerprint density at radius 3 is 2.82 bits per heavy atom. The first-order valence-electron chi connectivity index (χ1n) is 9.29. The zero-order valence-electron chi connectivity index (χ0n) is 16.0. The number of carbonyl (C=O) groups is 2. The molecule has 3 rings (SSSR count). The molecule has 1 heterocycles. The van der Waals surface area contributed by atoms with Gasteiger partial charge in [-0.1, -0.05) is 6.07 Å². The van der Waals surface area contributed by atoms with Gasteiger partial charge in [0.25, 0.3) is 5.91 Å². The van der Waals surface area contributed by atoms with Crippen molar-refractivity contribution in [2.45, 2.75) is 38.6 Å². The monoisotopic (exact) mass is 390 g/mol. The van der Waals surface area contributed by atoms with Crippen LogP contribution in [0.3, 0.4) is 0 Å². The third-order valence-corrected chi connectivity index (χ3v) is 4.50. The Morgan fingerprint density at radius 2 is 2.18 bits per heavy atom. The summed E-state index contributed by atoms with van der Waals surface area (Å²) in [6.45, 7) is 3.42. The van der Waals surface area contributed by atoms with E-state index in [1.54, 1.807) is 19.1 Å². The SMILES string of the molecule is CCOC(=O)C1=CN(c2cc(C(=O)NC3CC3)ccc2C)NC1(N)OCCO. The van der Waals surface area contributed by atoms with E-state index in [1.807, 2.05) is 13.0 Å². The quantitative estimate of drug-likeness (QED) is 0.368. The summed E-state index contributed by atoms with van der Waals surface area (Å²) in [6.07, 6.45) is 3.49. The van der Waals surface area contributed by atoms with Gasteiger partial charge in [0.2, 0.25) is 5.85 Å². The molecular formula is C19H26N4O5. The Morgan fingerprint density at radius 1 is 1.43 bits per heavy atom. The number of hydrazine groups is 1. The minimum absolute atomic E-state index is 0.0648. The number of rotatable bonds is 8. The first-order chi connectivity index (χ1) is 13.4. The average Bonchev–Trinajstić information content (AvgIpc) is 3.41. The molecule has 28 heavy (non-hydrogen) atoms. The molecule has 9 heteroatoms. The van der Waals surface area contributed by atoms with E-state index in [1.165, 1.54) is 11.2 Å². The summed E-state index contributed by atoms with van der Waals surface area (Å²) in [5.41, 5.74) is 11.2. The van der Waals surface area contributed by atoms with Crippen molar-refractivity contribution >= 4 is 17.6 Å². The number of anilines is 1. The van der Waals surface area contributed by atoms with Crippen LogP contribution in [0.5, 0.6) is 0 Å². The number of amides is 1. The van der Waals surface area contributed by atoms with E-state index >= 15 is 0 Å². The number of ether oxygens (including phenoxy) is 2. The number of nitrogens with one attached hydrogen (secondary N) is 2. The van der Waals surface area contributed by atoms with Crippen LogP contribution < -0.4 is 21.5 Å². The van der Waals surface area contributed by atoms with Crippen molar-refractivity contribution in [1.82, 2.24) is 10.7 Å². The third-order valence-electron chi connectivity index (χ3n) is 4.50. The van der Waals surface area contributed by atoms with Gasteiger partial charge < -0.3 is 19.9 Å². The summed E-state index contributed by atoms with van der Waals surface area (Å²) in [4.78, 5) is 24.7. The van der Waals surface area contributed by atoms with Crippen LogP contribution in [0.15, 0.2) is 30.0 Å². The fourth-order valence-corrected chi connectivity index (χ4v) is 2.86. The van der Waals surface area contributed by atoms with Crippen molar-refractivity contribution in [3.8, 4) is 0 Å². The molecule has 1 aliphatic heterocycles. The molecule has 1 amide bonds. The van der Waals surface area contributed by atoms with Gasteiger partial charge in [0, 0.05) is 17.8 Å². The number of aliphatic hydroxyl groups excluding tert-OH is 1. The molecule has 1 unspecified atom stereocenters. The molecule has 1 saturated carbocycles. The summed E-state index contributed by atoms with van der Waals surface area (Å²) < 4.78 is 10.5. The molecule has 1 aliphatic carbocycles. The highest BCUT2D eigenvalue weighted by Crippen LogP contribution is 2.30. The zero-order chi connectivity index (χ0) is 20.3. The van der Waals surface area contributed by atoms with E-state index in [0.717, 1.165) is 18.4 Å². The minimum Gasteiger partial charge on any atom is -0.462 e. The van der Waals surface area contributed by atoms with Crippen molar-refractivity contribution in [2.75, 3.05) is 24.8 Å². The van der Waals surface area contributed by atoms with E-state index in [0.29, 0.717) is 11.3 Å². The van der Waals surface area contributed by atoms with Gasteiger partial charge in [-0.05, 0) is 44.4 Å². The minimum atomic E-state index is -1.66. The highest BCUT2D eigenvalue weighted by atomic mass is 16.6. The van der Waals surface area contributed by atoms with Crippen LogP contribution in [-0.4, -0.2) is 48.7 Å². The summed E-state index contributed by atoms with van der Waals surface area (Å²) in [7, 11) is 0. The fourth-order valence-electron chi connectivity index (χ4n) is 2.86. The molecule has 0 aromatic heterocycles. The first-order valence-corrected chi connectivity index (χ1v) is 9.29. The van der Waals surface area contributed by atoms with E-state index in [2.05, 4.69) is 10.7 Å². The number of carbonyl (C=O) groups excluding carboxylic acids is 2. The maximum Gasteiger partial charge on any atom is 0.341 e. The number of benzene rings is 1. The summed E-state index contributed by atoms with van der Waals surface area (Å²) >= 11 is 0. The normalized spacial score (nSPS) is 21.4. The molecule has 0 bridgehead atoms. The smallest absolute Gasteiger partial charge is 0.341 e. The highest BCUT2D eigenvalue weighted by Gasteiger charge is 2.43. The molecule has 0 spiro atoms. The van der Waals surface area contributed by atoms with Gasteiger partial charge in [-0.25, -0.2) is 4.79 Å². The predicted octanol–water partition coefficient (Wildman–Crippen LogP) is 0.280. The summed E-state index contributed by atoms with van der Waals surface area (Å²) in [5, 5.41) is 13.6.